The molecular weight excluding hydrogens is 372 g/mol. The molecule has 4 rings (SSSR count). The van der Waals surface area contributed by atoms with Gasteiger partial charge in [0.1, 0.15) is 0 Å². The predicted octanol–water partition coefficient (Wildman–Crippen LogP) is 4.86. The first-order valence-corrected chi connectivity index (χ1v) is 9.63. The van der Waals surface area contributed by atoms with Crippen LogP contribution >= 0.6 is 22.9 Å². The molecule has 0 radical (unpaired) electrons. The van der Waals surface area contributed by atoms with Gasteiger partial charge in [-0.15, -0.1) is 21.5 Å². The summed E-state index contributed by atoms with van der Waals surface area (Å²) < 4.78 is 5.84. The molecular formula is C18H17ClN4O2S. The Hall–Kier alpha value is -2.38. The van der Waals surface area contributed by atoms with E-state index in [4.69, 9.17) is 16.0 Å². The molecule has 3 heterocycles. The predicted molar refractivity (Wildman–Crippen MR) is 102 cm³/mol. The van der Waals surface area contributed by atoms with E-state index in [1.165, 1.54) is 0 Å². The van der Waals surface area contributed by atoms with E-state index in [9.17, 15) is 4.79 Å². The molecule has 1 aliphatic heterocycles. The molecule has 1 saturated heterocycles. The van der Waals surface area contributed by atoms with Crippen LogP contribution in [0.2, 0.25) is 5.02 Å². The fraction of sp³-hybridized carbons (Fsp3) is 0.278. The summed E-state index contributed by atoms with van der Waals surface area (Å²) in [6.07, 6.45) is 1.83. The van der Waals surface area contributed by atoms with E-state index in [0.29, 0.717) is 29.9 Å². The average Bonchev–Trinajstić information content (AvgIpc) is 3.35. The normalized spacial score (nSPS) is 17.3. The van der Waals surface area contributed by atoms with Gasteiger partial charge in [-0.1, -0.05) is 17.7 Å². The number of aromatic nitrogens is 2. The van der Waals surface area contributed by atoms with Crippen LogP contribution in [0.25, 0.3) is 10.8 Å². The molecule has 1 N–H and O–H groups in total. The zero-order valence-electron chi connectivity index (χ0n) is 13.9. The molecule has 2 amide bonds. The van der Waals surface area contributed by atoms with Crippen molar-refractivity contribution in [1.29, 1.82) is 0 Å². The van der Waals surface area contributed by atoms with Crippen molar-refractivity contribution in [3.63, 3.8) is 0 Å². The second-order valence-electron chi connectivity index (χ2n) is 6.14. The van der Waals surface area contributed by atoms with Crippen LogP contribution in [0.3, 0.4) is 0 Å². The van der Waals surface area contributed by atoms with E-state index in [-0.39, 0.29) is 11.9 Å². The smallest absolute Gasteiger partial charge is 0.321 e. The standard InChI is InChI=1S/C18H17ClN4O2S/c19-13-5-7-14(8-6-13)20-18(24)23-9-1-3-12(11-23)16-21-22-17(25-16)15-4-2-10-26-15/h2,4-8,10,12H,1,3,9,11H2,(H,20,24). The number of thiophene rings is 1. The van der Waals surface area contributed by atoms with Crippen molar-refractivity contribution in [2.45, 2.75) is 18.8 Å². The van der Waals surface area contributed by atoms with Crippen molar-refractivity contribution in [2.75, 3.05) is 18.4 Å². The van der Waals surface area contributed by atoms with Crippen molar-refractivity contribution in [3.8, 4) is 10.8 Å². The molecule has 3 aromatic rings. The van der Waals surface area contributed by atoms with Crippen LogP contribution in [-0.4, -0.2) is 34.2 Å². The molecule has 2 aromatic heterocycles. The Morgan fingerprint density at radius 1 is 1.27 bits per heavy atom. The molecule has 1 aliphatic rings. The number of carbonyl (C=O) groups excluding carboxylic acids is 1. The monoisotopic (exact) mass is 388 g/mol. The maximum Gasteiger partial charge on any atom is 0.321 e. The summed E-state index contributed by atoms with van der Waals surface area (Å²) in [4.78, 5) is 15.3. The van der Waals surface area contributed by atoms with Gasteiger partial charge in [-0.2, -0.15) is 0 Å². The SMILES string of the molecule is O=C(Nc1ccc(Cl)cc1)N1CCCC(c2nnc(-c3cccs3)o2)C1. The van der Waals surface area contributed by atoms with E-state index >= 15 is 0 Å². The quantitative estimate of drug-likeness (QED) is 0.695. The van der Waals surface area contributed by atoms with Crippen LogP contribution in [0.15, 0.2) is 46.2 Å². The number of halogens is 1. The molecule has 1 aromatic carbocycles. The highest BCUT2D eigenvalue weighted by Gasteiger charge is 2.28. The van der Waals surface area contributed by atoms with Gasteiger partial charge in [-0.3, -0.25) is 0 Å². The van der Waals surface area contributed by atoms with Gasteiger partial charge < -0.3 is 14.6 Å². The summed E-state index contributed by atoms with van der Waals surface area (Å²) in [6.45, 7) is 1.27. The summed E-state index contributed by atoms with van der Waals surface area (Å²) in [5.74, 6) is 1.19. The Labute approximate surface area is 159 Å². The lowest BCUT2D eigenvalue weighted by atomic mass is 9.98. The topological polar surface area (TPSA) is 71.3 Å². The third kappa shape index (κ3) is 3.73. The van der Waals surface area contributed by atoms with Gasteiger partial charge in [0.2, 0.25) is 5.89 Å². The third-order valence-electron chi connectivity index (χ3n) is 4.33. The van der Waals surface area contributed by atoms with Gasteiger partial charge in [-0.25, -0.2) is 4.79 Å². The molecule has 0 bridgehead atoms. The Bertz CT molecular complexity index is 879. The molecule has 1 unspecified atom stereocenters. The Kier molecular flexibility index (Phi) is 4.90. The summed E-state index contributed by atoms with van der Waals surface area (Å²) in [6, 6.07) is 10.8. The van der Waals surface area contributed by atoms with Crippen molar-refractivity contribution in [3.05, 3.63) is 52.7 Å². The molecule has 0 spiro atoms. The van der Waals surface area contributed by atoms with E-state index < -0.39 is 0 Å². The van der Waals surface area contributed by atoms with Crippen molar-refractivity contribution in [1.82, 2.24) is 15.1 Å². The van der Waals surface area contributed by atoms with Crippen LogP contribution in [0.5, 0.6) is 0 Å². The first-order chi connectivity index (χ1) is 12.7. The number of piperidine rings is 1. The van der Waals surface area contributed by atoms with Gasteiger partial charge in [0.05, 0.1) is 10.8 Å². The zero-order valence-corrected chi connectivity index (χ0v) is 15.5. The number of carbonyl (C=O) groups is 1. The molecule has 134 valence electrons. The number of hydrogen-bond donors (Lipinski definition) is 1. The number of urea groups is 1. The lowest BCUT2D eigenvalue weighted by molar-refractivity contribution is 0.187. The lowest BCUT2D eigenvalue weighted by Gasteiger charge is -2.31. The highest BCUT2D eigenvalue weighted by molar-refractivity contribution is 7.13. The number of nitrogens with zero attached hydrogens (tertiary/aromatic N) is 3. The zero-order chi connectivity index (χ0) is 17.9. The second kappa shape index (κ2) is 7.47. The minimum Gasteiger partial charge on any atom is -0.420 e. The first-order valence-electron chi connectivity index (χ1n) is 8.38. The summed E-state index contributed by atoms with van der Waals surface area (Å²) in [5, 5.41) is 13.9. The number of amides is 2. The number of likely N-dealkylation sites (tertiary alicyclic amines) is 1. The van der Waals surface area contributed by atoms with Crippen molar-refractivity contribution >= 4 is 34.7 Å². The van der Waals surface area contributed by atoms with Crippen LogP contribution in [-0.2, 0) is 0 Å². The number of benzene rings is 1. The summed E-state index contributed by atoms with van der Waals surface area (Å²) >= 11 is 7.44. The summed E-state index contributed by atoms with van der Waals surface area (Å²) in [7, 11) is 0. The van der Waals surface area contributed by atoms with E-state index in [1.807, 2.05) is 17.5 Å². The molecule has 8 heteroatoms. The largest absolute Gasteiger partial charge is 0.420 e. The van der Waals surface area contributed by atoms with Crippen LogP contribution in [0.1, 0.15) is 24.7 Å². The highest BCUT2D eigenvalue weighted by atomic mass is 35.5. The first kappa shape index (κ1) is 17.1. The Morgan fingerprint density at radius 3 is 2.88 bits per heavy atom. The molecule has 0 aliphatic carbocycles. The van der Waals surface area contributed by atoms with E-state index in [0.717, 1.165) is 23.4 Å². The Morgan fingerprint density at radius 2 is 2.12 bits per heavy atom. The fourth-order valence-corrected chi connectivity index (χ4v) is 3.77. The molecule has 1 atom stereocenters. The van der Waals surface area contributed by atoms with E-state index in [2.05, 4.69) is 15.5 Å². The third-order valence-corrected chi connectivity index (χ3v) is 5.44. The average molecular weight is 389 g/mol. The molecule has 6 nitrogen and oxygen atoms in total. The van der Waals surface area contributed by atoms with Gasteiger partial charge >= 0.3 is 6.03 Å². The number of nitrogens with one attached hydrogen (secondary N) is 1. The summed E-state index contributed by atoms with van der Waals surface area (Å²) in [5.41, 5.74) is 0.722. The minimum atomic E-state index is -0.130. The van der Waals surface area contributed by atoms with Crippen LogP contribution in [0, 0.1) is 0 Å². The van der Waals surface area contributed by atoms with Crippen molar-refractivity contribution < 1.29 is 9.21 Å². The van der Waals surface area contributed by atoms with Crippen LogP contribution < -0.4 is 5.32 Å². The lowest BCUT2D eigenvalue weighted by Crippen LogP contribution is -2.41. The molecule has 1 fully saturated rings. The molecule has 0 saturated carbocycles. The molecule has 26 heavy (non-hydrogen) atoms. The van der Waals surface area contributed by atoms with E-state index in [1.54, 1.807) is 40.5 Å². The maximum absolute atomic E-state index is 12.5. The highest BCUT2D eigenvalue weighted by Crippen LogP contribution is 2.30. The van der Waals surface area contributed by atoms with Gasteiger partial charge in [-0.05, 0) is 48.6 Å². The fourth-order valence-electron chi connectivity index (χ4n) is 3.00. The maximum atomic E-state index is 12.5. The van der Waals surface area contributed by atoms with Gasteiger partial charge in [0.25, 0.3) is 5.89 Å². The minimum absolute atomic E-state index is 0.0564. The number of hydrogen-bond acceptors (Lipinski definition) is 5. The van der Waals surface area contributed by atoms with Gasteiger partial charge in [0.15, 0.2) is 0 Å². The Balaban J connectivity index is 1.42. The number of rotatable bonds is 3. The van der Waals surface area contributed by atoms with Gasteiger partial charge in [0, 0.05) is 23.8 Å². The number of anilines is 1. The van der Waals surface area contributed by atoms with Crippen LogP contribution in [0.4, 0.5) is 10.5 Å². The second-order valence-corrected chi connectivity index (χ2v) is 7.53. The van der Waals surface area contributed by atoms with Crippen molar-refractivity contribution in [2.24, 2.45) is 0 Å².